The molecule has 0 saturated carbocycles. The van der Waals surface area contributed by atoms with Gasteiger partial charge >= 0.3 is 0 Å². The van der Waals surface area contributed by atoms with Gasteiger partial charge in [-0.25, -0.2) is 0 Å². The molecule has 6 aromatic rings. The van der Waals surface area contributed by atoms with Gasteiger partial charge in [0.05, 0.1) is 17.6 Å². The number of anilines is 2. The summed E-state index contributed by atoms with van der Waals surface area (Å²) in [6.45, 7) is 11.0. The molecule has 6 nitrogen and oxygen atoms in total. The van der Waals surface area contributed by atoms with Gasteiger partial charge in [0, 0.05) is 71.6 Å². The summed E-state index contributed by atoms with van der Waals surface area (Å²) in [4.78, 5) is 31.0. The molecule has 0 unspecified atom stereocenters. The molecule has 9 rings (SSSR count). The molecule has 0 bridgehead atoms. The molecule has 6 heteroatoms. The monoisotopic (exact) mass is 815 g/mol. The minimum Gasteiger partial charge on any atom is -0.356 e. The molecule has 0 aromatic heterocycles. The van der Waals surface area contributed by atoms with Crippen molar-refractivity contribution in [2.24, 2.45) is 0 Å². The van der Waals surface area contributed by atoms with E-state index in [4.69, 9.17) is 0 Å². The number of unbranched alkanes of at least 4 members (excludes halogenated alkanes) is 2. The molecule has 0 fully saturated rings. The number of amides is 2. The predicted molar refractivity (Wildman–Crippen MR) is 256 cm³/mol. The normalized spacial score (nSPS) is 16.4. The van der Waals surface area contributed by atoms with Crippen LogP contribution in [0, 0.1) is 11.8 Å². The molecule has 310 valence electrons. The Hall–Kier alpha value is -6.71. The van der Waals surface area contributed by atoms with Gasteiger partial charge in [-0.1, -0.05) is 123 Å². The minimum absolute atomic E-state index is 0.0145. The number of nitrogens with one attached hydrogen (secondary N) is 1. The lowest BCUT2D eigenvalue weighted by Gasteiger charge is -2.27. The standard InChI is InChI=1S/C56H54N4O2/c1-55(2)49(58(5)47-33-31-40-19-10-13-23-44(40)53(47)55)26-17-27-50-56(3,4)54-45-24-14-11-20-41(45)32-34-48(54)59(50)37-16-6-7-28-51(61)57-36-35-52(62)60-38-43-22-9-8-18-39(43)29-30-42-21-12-15-25-46(42)60/h8-15,17-27,31-34H,6-7,16,28,35-38H2,1-5H3/p+1. The molecule has 62 heavy (non-hydrogen) atoms. The van der Waals surface area contributed by atoms with E-state index in [0.29, 0.717) is 19.5 Å². The summed E-state index contributed by atoms with van der Waals surface area (Å²) in [6.07, 6.45) is 10.2. The van der Waals surface area contributed by atoms with Crippen molar-refractivity contribution in [2.75, 3.05) is 29.9 Å². The number of fused-ring (bicyclic) bond motifs is 8. The second-order valence-corrected chi connectivity index (χ2v) is 17.9. The van der Waals surface area contributed by atoms with E-state index < -0.39 is 0 Å². The third kappa shape index (κ3) is 7.40. The van der Waals surface area contributed by atoms with Crippen molar-refractivity contribution in [3.63, 3.8) is 0 Å². The van der Waals surface area contributed by atoms with Gasteiger partial charge in [-0.15, -0.1) is 0 Å². The van der Waals surface area contributed by atoms with E-state index in [9.17, 15) is 9.59 Å². The number of para-hydroxylation sites is 1. The minimum atomic E-state index is -0.218. The molecule has 1 N–H and O–H groups in total. The number of allylic oxidation sites excluding steroid dienone is 4. The molecular formula is C56H55N4O2+. The van der Waals surface area contributed by atoms with Crippen molar-refractivity contribution in [2.45, 2.75) is 77.2 Å². The number of hydrogen-bond donors (Lipinski definition) is 1. The van der Waals surface area contributed by atoms with Crippen molar-refractivity contribution >= 4 is 56.1 Å². The lowest BCUT2D eigenvalue weighted by Crippen LogP contribution is -2.35. The summed E-state index contributed by atoms with van der Waals surface area (Å²) >= 11 is 0. The topological polar surface area (TPSA) is 55.7 Å². The van der Waals surface area contributed by atoms with Gasteiger partial charge in [0.1, 0.15) is 7.05 Å². The molecule has 0 spiro atoms. The lowest BCUT2D eigenvalue weighted by molar-refractivity contribution is -0.401. The van der Waals surface area contributed by atoms with Crippen LogP contribution in [0.4, 0.5) is 17.1 Å². The molecule has 3 aliphatic heterocycles. The molecule has 2 amide bonds. The van der Waals surface area contributed by atoms with Crippen LogP contribution in [0.3, 0.4) is 0 Å². The predicted octanol–water partition coefficient (Wildman–Crippen LogP) is 11.3. The van der Waals surface area contributed by atoms with Gasteiger partial charge in [-0.3, -0.25) is 9.59 Å². The van der Waals surface area contributed by atoms with E-state index in [1.165, 1.54) is 55.5 Å². The molecular weight excluding hydrogens is 761 g/mol. The fraction of sp³-hybridized carbons (Fsp3) is 0.268. The van der Waals surface area contributed by atoms with Crippen LogP contribution in [0.25, 0.3) is 21.5 Å². The third-order valence-corrected chi connectivity index (χ3v) is 13.3. The van der Waals surface area contributed by atoms with Crippen LogP contribution in [0.1, 0.15) is 87.6 Å². The van der Waals surface area contributed by atoms with E-state index in [0.717, 1.165) is 48.2 Å². The van der Waals surface area contributed by atoms with Crippen LogP contribution in [-0.4, -0.2) is 42.2 Å². The van der Waals surface area contributed by atoms with E-state index in [1.807, 2.05) is 48.5 Å². The first-order valence-corrected chi connectivity index (χ1v) is 22.1. The van der Waals surface area contributed by atoms with E-state index in [2.05, 4.69) is 152 Å². The van der Waals surface area contributed by atoms with Gasteiger partial charge in [0.25, 0.3) is 0 Å². The summed E-state index contributed by atoms with van der Waals surface area (Å²) in [6, 6.07) is 42.2. The summed E-state index contributed by atoms with van der Waals surface area (Å²) in [5.41, 5.74) is 11.0. The Morgan fingerprint density at radius 2 is 1.35 bits per heavy atom. The van der Waals surface area contributed by atoms with Crippen LogP contribution in [-0.2, 0) is 27.0 Å². The maximum absolute atomic E-state index is 13.6. The highest BCUT2D eigenvalue weighted by Crippen LogP contribution is 2.51. The number of carbonyl (C=O) groups excluding carboxylic acids is 2. The average molecular weight is 816 g/mol. The SMILES string of the molecule is C[N+]1=C(C=CC=C2N(CCCCCC(=O)NCCC(=O)N3Cc4ccccc4C#Cc4ccccc43)c3ccc4ccccc4c3C2(C)C)C(C)(C)c2c1ccc1ccccc21. The van der Waals surface area contributed by atoms with Crippen molar-refractivity contribution in [1.29, 1.82) is 0 Å². The van der Waals surface area contributed by atoms with Crippen molar-refractivity contribution < 1.29 is 14.2 Å². The Labute approximate surface area is 366 Å². The van der Waals surface area contributed by atoms with Gasteiger partial charge in [0.15, 0.2) is 5.71 Å². The number of benzene rings is 6. The molecule has 0 saturated heterocycles. The van der Waals surface area contributed by atoms with Crippen LogP contribution >= 0.6 is 0 Å². The Morgan fingerprint density at radius 1 is 0.694 bits per heavy atom. The molecule has 0 radical (unpaired) electrons. The first-order chi connectivity index (χ1) is 30.0. The quantitative estimate of drug-likeness (QED) is 0.0805. The first kappa shape index (κ1) is 40.7. The Morgan fingerprint density at radius 3 is 2.15 bits per heavy atom. The van der Waals surface area contributed by atoms with E-state index >= 15 is 0 Å². The van der Waals surface area contributed by atoms with Crippen molar-refractivity contribution in [3.05, 3.63) is 173 Å². The lowest BCUT2D eigenvalue weighted by atomic mass is 9.79. The molecule has 3 aliphatic rings. The largest absolute Gasteiger partial charge is 0.356 e. The maximum atomic E-state index is 13.6. The van der Waals surface area contributed by atoms with Gasteiger partial charge in [0.2, 0.25) is 17.5 Å². The summed E-state index contributed by atoms with van der Waals surface area (Å²) in [5, 5.41) is 8.16. The number of hydrogen-bond acceptors (Lipinski definition) is 3. The van der Waals surface area contributed by atoms with Crippen LogP contribution < -0.4 is 15.1 Å². The number of carbonyl (C=O) groups is 2. The Kier molecular flexibility index (Phi) is 10.9. The highest BCUT2D eigenvalue weighted by Gasteiger charge is 2.44. The van der Waals surface area contributed by atoms with Crippen LogP contribution in [0.15, 0.2) is 145 Å². The average Bonchev–Trinajstić information content (AvgIpc) is 3.61. The fourth-order valence-corrected chi connectivity index (χ4v) is 10.2. The van der Waals surface area contributed by atoms with Gasteiger partial charge in [-0.2, -0.15) is 4.58 Å². The van der Waals surface area contributed by atoms with Crippen LogP contribution in [0.2, 0.25) is 0 Å². The Balaban J connectivity index is 0.853. The second kappa shape index (κ2) is 16.6. The van der Waals surface area contributed by atoms with E-state index in [1.54, 1.807) is 4.90 Å². The zero-order chi connectivity index (χ0) is 43.0. The first-order valence-electron chi connectivity index (χ1n) is 22.1. The van der Waals surface area contributed by atoms with Crippen molar-refractivity contribution in [1.82, 2.24) is 5.32 Å². The second-order valence-electron chi connectivity index (χ2n) is 17.9. The smallest absolute Gasteiger partial charge is 0.229 e. The van der Waals surface area contributed by atoms with Crippen molar-refractivity contribution in [3.8, 4) is 11.8 Å². The van der Waals surface area contributed by atoms with E-state index in [-0.39, 0.29) is 29.1 Å². The molecule has 0 aliphatic carbocycles. The highest BCUT2D eigenvalue weighted by atomic mass is 16.2. The number of nitrogens with zero attached hydrogens (tertiary/aromatic N) is 3. The molecule has 3 heterocycles. The molecule has 0 atom stereocenters. The zero-order valence-electron chi connectivity index (χ0n) is 36.6. The van der Waals surface area contributed by atoms with Crippen LogP contribution in [0.5, 0.6) is 0 Å². The zero-order valence-corrected chi connectivity index (χ0v) is 36.6. The fourth-order valence-electron chi connectivity index (χ4n) is 10.2. The van der Waals surface area contributed by atoms with Gasteiger partial charge < -0.3 is 15.1 Å². The molecule has 6 aromatic carbocycles. The highest BCUT2D eigenvalue weighted by molar-refractivity contribution is 6.07. The third-order valence-electron chi connectivity index (χ3n) is 13.3. The summed E-state index contributed by atoms with van der Waals surface area (Å²) < 4.78 is 2.36. The Bertz CT molecular complexity index is 2920. The summed E-state index contributed by atoms with van der Waals surface area (Å²) in [5.74, 6) is 6.48. The maximum Gasteiger partial charge on any atom is 0.229 e. The summed E-state index contributed by atoms with van der Waals surface area (Å²) in [7, 11) is 2.19. The van der Waals surface area contributed by atoms with Gasteiger partial charge in [-0.05, 0) is 95.8 Å². The number of rotatable bonds is 11.